The predicted molar refractivity (Wildman–Crippen MR) is 142 cm³/mol. The van der Waals surface area contributed by atoms with Gasteiger partial charge in [0.15, 0.2) is 0 Å². The highest BCUT2D eigenvalue weighted by Gasteiger charge is 2.21. The van der Waals surface area contributed by atoms with E-state index in [0.29, 0.717) is 6.10 Å². The maximum atomic E-state index is 6.22. The van der Waals surface area contributed by atoms with Crippen molar-refractivity contribution in [3.63, 3.8) is 0 Å². The number of allylic oxidation sites excluding steroid dienone is 4. The second-order valence-corrected chi connectivity index (χ2v) is 11.8. The van der Waals surface area contributed by atoms with E-state index in [0.717, 1.165) is 12.8 Å². The second-order valence-electron chi connectivity index (χ2n) is 10.2. The summed E-state index contributed by atoms with van der Waals surface area (Å²) in [6, 6.07) is 0. The zero-order valence-corrected chi connectivity index (χ0v) is 23.0. The number of unbranched alkanes of at least 4 members (excludes halogenated alkanes) is 6. The zero-order valence-electron chi connectivity index (χ0n) is 22.0. The molecule has 0 heterocycles. The van der Waals surface area contributed by atoms with Crippen molar-refractivity contribution in [2.75, 3.05) is 14.2 Å². The maximum absolute atomic E-state index is 6.22. The van der Waals surface area contributed by atoms with Crippen molar-refractivity contribution in [3.8, 4) is 0 Å². The fourth-order valence-electron chi connectivity index (χ4n) is 5.35. The standard InChI is InChI=1S/C29H53O3Si/c1-30-33(31-2)32-29(25-17-9-7-15-23-27-19-11-3-4-12-20-27)26-18-10-8-16-24-28-21-13-5-6-14-22-28/h19,21,29H,3-18,20,22-26H2,1-2H3. The molecule has 4 heteroatoms. The van der Waals surface area contributed by atoms with Crippen LogP contribution in [-0.4, -0.2) is 29.9 Å². The largest absolute Gasteiger partial charge is 0.577 e. The summed E-state index contributed by atoms with van der Waals surface area (Å²) in [5.41, 5.74) is 3.47. The summed E-state index contributed by atoms with van der Waals surface area (Å²) in [4.78, 5) is 0. The highest BCUT2D eigenvalue weighted by atomic mass is 28.3. The number of hydrogen-bond acceptors (Lipinski definition) is 3. The molecular weight excluding hydrogens is 424 g/mol. The van der Waals surface area contributed by atoms with E-state index in [9.17, 15) is 0 Å². The molecule has 0 atom stereocenters. The Bertz CT molecular complexity index is 487. The molecule has 33 heavy (non-hydrogen) atoms. The molecule has 0 aliphatic heterocycles. The van der Waals surface area contributed by atoms with Crippen LogP contribution in [0.5, 0.6) is 0 Å². The summed E-state index contributed by atoms with van der Waals surface area (Å²) in [6.45, 7) is 0. The first-order valence-corrected chi connectivity index (χ1v) is 15.5. The van der Waals surface area contributed by atoms with Crippen molar-refractivity contribution in [3.05, 3.63) is 23.3 Å². The van der Waals surface area contributed by atoms with Gasteiger partial charge in [-0.15, -0.1) is 0 Å². The highest BCUT2D eigenvalue weighted by molar-refractivity contribution is 6.36. The minimum atomic E-state index is -1.57. The molecule has 0 saturated carbocycles. The lowest BCUT2D eigenvalue weighted by Crippen LogP contribution is -2.30. The Morgan fingerprint density at radius 3 is 1.61 bits per heavy atom. The molecule has 0 saturated heterocycles. The van der Waals surface area contributed by atoms with Gasteiger partial charge in [0.25, 0.3) is 0 Å². The van der Waals surface area contributed by atoms with Crippen molar-refractivity contribution in [1.29, 1.82) is 0 Å². The smallest absolute Gasteiger partial charge is 0.375 e. The maximum Gasteiger partial charge on any atom is 0.577 e. The first-order chi connectivity index (χ1) is 16.3. The van der Waals surface area contributed by atoms with Crippen LogP contribution in [0.1, 0.15) is 141 Å². The fraction of sp³-hybridized carbons (Fsp3) is 0.862. The van der Waals surface area contributed by atoms with E-state index in [4.69, 9.17) is 13.3 Å². The van der Waals surface area contributed by atoms with Gasteiger partial charge in [-0.05, 0) is 89.9 Å². The van der Waals surface area contributed by atoms with Gasteiger partial charge < -0.3 is 13.3 Å². The van der Waals surface area contributed by atoms with E-state index in [-0.39, 0.29) is 0 Å². The van der Waals surface area contributed by atoms with Crippen molar-refractivity contribution in [1.82, 2.24) is 0 Å². The molecule has 0 amide bonds. The van der Waals surface area contributed by atoms with Gasteiger partial charge in [-0.1, -0.05) is 74.7 Å². The van der Waals surface area contributed by atoms with E-state index in [1.165, 1.54) is 128 Å². The van der Waals surface area contributed by atoms with Gasteiger partial charge in [-0.25, -0.2) is 0 Å². The first kappa shape index (κ1) is 28.8. The van der Waals surface area contributed by atoms with Gasteiger partial charge in [0.05, 0.1) is 0 Å². The lowest BCUT2D eigenvalue weighted by atomic mass is 9.99. The molecule has 1 radical (unpaired) electrons. The van der Waals surface area contributed by atoms with Crippen LogP contribution in [0.3, 0.4) is 0 Å². The van der Waals surface area contributed by atoms with Crippen LogP contribution < -0.4 is 0 Å². The van der Waals surface area contributed by atoms with E-state index in [1.807, 2.05) is 0 Å². The Balaban J connectivity index is 1.56. The quantitative estimate of drug-likeness (QED) is 0.112. The number of hydrogen-bond donors (Lipinski definition) is 0. The lowest BCUT2D eigenvalue weighted by Gasteiger charge is -2.20. The summed E-state index contributed by atoms with van der Waals surface area (Å²) in [6.07, 6.45) is 34.7. The van der Waals surface area contributed by atoms with Crippen LogP contribution in [0, 0.1) is 0 Å². The van der Waals surface area contributed by atoms with Crippen molar-refractivity contribution < 1.29 is 13.3 Å². The molecular formula is C29H53O3Si. The minimum Gasteiger partial charge on any atom is -0.375 e. The Morgan fingerprint density at radius 1 is 0.636 bits per heavy atom. The third kappa shape index (κ3) is 14.5. The molecule has 2 aliphatic rings. The van der Waals surface area contributed by atoms with Crippen LogP contribution >= 0.6 is 0 Å². The van der Waals surface area contributed by atoms with Crippen LogP contribution in [0.15, 0.2) is 23.3 Å². The van der Waals surface area contributed by atoms with Gasteiger partial charge in [-0.2, -0.15) is 0 Å². The Morgan fingerprint density at radius 2 is 1.12 bits per heavy atom. The fourth-order valence-corrected chi connectivity index (χ4v) is 6.22. The molecule has 2 rings (SSSR count). The van der Waals surface area contributed by atoms with Crippen LogP contribution in [0.2, 0.25) is 0 Å². The average Bonchev–Trinajstić information content (AvgIpc) is 3.26. The molecule has 0 bridgehead atoms. The van der Waals surface area contributed by atoms with Crippen molar-refractivity contribution in [2.45, 2.75) is 147 Å². The van der Waals surface area contributed by atoms with Gasteiger partial charge in [0, 0.05) is 20.3 Å². The first-order valence-electron chi connectivity index (χ1n) is 14.3. The molecule has 191 valence electrons. The molecule has 0 fully saturated rings. The SMILES string of the molecule is CO[Si](OC)OC(CCCCCCC1=CCCCCC1)CCCCCCC1=CCCCCC1. The predicted octanol–water partition coefficient (Wildman–Crippen LogP) is 9.11. The molecule has 0 spiro atoms. The monoisotopic (exact) mass is 477 g/mol. The van der Waals surface area contributed by atoms with E-state index >= 15 is 0 Å². The summed E-state index contributed by atoms with van der Waals surface area (Å²) in [7, 11) is 1.85. The molecule has 0 unspecified atom stereocenters. The van der Waals surface area contributed by atoms with Gasteiger partial charge in [0.1, 0.15) is 0 Å². The van der Waals surface area contributed by atoms with Crippen LogP contribution in [0.25, 0.3) is 0 Å². The molecule has 0 aromatic carbocycles. The highest BCUT2D eigenvalue weighted by Crippen LogP contribution is 2.24. The third-order valence-electron chi connectivity index (χ3n) is 7.41. The van der Waals surface area contributed by atoms with Gasteiger partial charge >= 0.3 is 9.53 Å². The minimum absolute atomic E-state index is 0.299. The summed E-state index contributed by atoms with van der Waals surface area (Å²) >= 11 is 0. The van der Waals surface area contributed by atoms with Crippen molar-refractivity contribution in [2.24, 2.45) is 0 Å². The van der Waals surface area contributed by atoms with E-state index < -0.39 is 9.53 Å². The van der Waals surface area contributed by atoms with E-state index in [1.54, 1.807) is 25.4 Å². The third-order valence-corrected chi connectivity index (χ3v) is 8.61. The van der Waals surface area contributed by atoms with Gasteiger partial charge in [-0.3, -0.25) is 0 Å². The number of rotatable bonds is 18. The average molecular weight is 478 g/mol. The second kappa shape index (κ2) is 19.8. The summed E-state index contributed by atoms with van der Waals surface area (Å²) < 4.78 is 17.1. The zero-order chi connectivity index (χ0) is 23.4. The molecule has 0 aromatic rings. The van der Waals surface area contributed by atoms with Gasteiger partial charge in [0.2, 0.25) is 0 Å². The lowest BCUT2D eigenvalue weighted by molar-refractivity contribution is 0.0736. The topological polar surface area (TPSA) is 27.7 Å². The molecule has 0 aromatic heterocycles. The summed E-state index contributed by atoms with van der Waals surface area (Å²) in [5.74, 6) is 0. The van der Waals surface area contributed by atoms with Crippen molar-refractivity contribution >= 4 is 9.53 Å². The Kier molecular flexibility index (Phi) is 17.3. The molecule has 0 N–H and O–H groups in total. The van der Waals surface area contributed by atoms with Crippen LogP contribution in [-0.2, 0) is 13.3 Å². The summed E-state index contributed by atoms with van der Waals surface area (Å²) in [5, 5.41) is 0. The molecule has 3 nitrogen and oxygen atoms in total. The Hall–Kier alpha value is -0.423. The molecule has 2 aliphatic carbocycles. The van der Waals surface area contributed by atoms with E-state index in [2.05, 4.69) is 12.2 Å². The Labute approximate surface area is 207 Å². The normalized spacial score (nSPS) is 17.7. The van der Waals surface area contributed by atoms with Crippen LogP contribution in [0.4, 0.5) is 0 Å².